The molecule has 2 heterocycles. The Morgan fingerprint density at radius 1 is 1.00 bits per heavy atom. The van der Waals surface area contributed by atoms with E-state index < -0.39 is 0 Å². The molecule has 0 unspecified atom stereocenters. The van der Waals surface area contributed by atoms with Crippen LogP contribution >= 0.6 is 0 Å². The van der Waals surface area contributed by atoms with Crippen LogP contribution < -0.4 is 4.90 Å². The second kappa shape index (κ2) is 7.77. The van der Waals surface area contributed by atoms with Crippen LogP contribution in [0.15, 0.2) is 30.3 Å². The second-order valence-electron chi connectivity index (χ2n) is 6.89. The van der Waals surface area contributed by atoms with Gasteiger partial charge in [-0.3, -0.25) is 4.79 Å². The maximum atomic E-state index is 12.4. The molecule has 0 bridgehead atoms. The van der Waals surface area contributed by atoms with Crippen LogP contribution in [-0.2, 0) is 11.2 Å². The van der Waals surface area contributed by atoms with Crippen LogP contribution in [0.25, 0.3) is 0 Å². The lowest BCUT2D eigenvalue weighted by atomic mass is 10.0. The standard InChI is InChI=1S/C19H28N2O/c22-19(16-17-8-4-3-5-9-17)21-14-10-18(11-15-21)20-12-6-1-2-7-13-20/h3-5,8-9,18H,1-2,6-7,10-16H2/p+1. The smallest absolute Gasteiger partial charge is 0.226 e. The zero-order valence-corrected chi connectivity index (χ0v) is 13.6. The maximum absolute atomic E-state index is 12.4. The first-order valence-electron chi connectivity index (χ1n) is 8.99. The first kappa shape index (κ1) is 15.5. The molecule has 3 rings (SSSR count). The Morgan fingerprint density at radius 2 is 1.64 bits per heavy atom. The summed E-state index contributed by atoms with van der Waals surface area (Å²) >= 11 is 0. The van der Waals surface area contributed by atoms with E-state index in [9.17, 15) is 4.79 Å². The molecule has 0 saturated carbocycles. The van der Waals surface area contributed by atoms with Gasteiger partial charge in [-0.05, 0) is 31.2 Å². The normalized spacial score (nSPS) is 21.5. The molecular formula is C19H29N2O+. The van der Waals surface area contributed by atoms with Gasteiger partial charge in [-0.15, -0.1) is 0 Å². The summed E-state index contributed by atoms with van der Waals surface area (Å²) in [5, 5.41) is 0. The third kappa shape index (κ3) is 4.10. The lowest BCUT2D eigenvalue weighted by molar-refractivity contribution is -0.926. The summed E-state index contributed by atoms with van der Waals surface area (Å²) in [6.07, 6.45) is 8.55. The average molecular weight is 301 g/mol. The lowest BCUT2D eigenvalue weighted by Crippen LogP contribution is -3.16. The number of carbonyl (C=O) groups is 1. The predicted octanol–water partition coefficient (Wildman–Crippen LogP) is 1.68. The summed E-state index contributed by atoms with van der Waals surface area (Å²) in [6, 6.07) is 10.9. The van der Waals surface area contributed by atoms with Gasteiger partial charge in [0.15, 0.2) is 0 Å². The van der Waals surface area contributed by atoms with Gasteiger partial charge < -0.3 is 9.80 Å². The molecule has 1 N–H and O–H groups in total. The van der Waals surface area contributed by atoms with Crippen molar-refractivity contribution in [3.05, 3.63) is 35.9 Å². The molecule has 22 heavy (non-hydrogen) atoms. The Morgan fingerprint density at radius 3 is 2.27 bits per heavy atom. The fraction of sp³-hybridized carbons (Fsp3) is 0.632. The SMILES string of the molecule is O=C(Cc1ccccc1)N1CCC([NH+]2CCCCCC2)CC1. The molecule has 0 aliphatic carbocycles. The van der Waals surface area contributed by atoms with Crippen LogP contribution in [0.1, 0.15) is 44.1 Å². The molecule has 1 aromatic rings. The Bertz CT molecular complexity index is 458. The first-order valence-corrected chi connectivity index (χ1v) is 8.99. The van der Waals surface area contributed by atoms with E-state index in [0.29, 0.717) is 12.3 Å². The van der Waals surface area contributed by atoms with Crippen LogP contribution in [0, 0.1) is 0 Å². The summed E-state index contributed by atoms with van der Waals surface area (Å²) in [4.78, 5) is 16.3. The van der Waals surface area contributed by atoms with Crippen molar-refractivity contribution >= 4 is 5.91 Å². The second-order valence-corrected chi connectivity index (χ2v) is 6.89. The molecule has 1 amide bonds. The van der Waals surface area contributed by atoms with Gasteiger partial charge in [-0.1, -0.05) is 30.3 Å². The topological polar surface area (TPSA) is 24.8 Å². The highest BCUT2D eigenvalue weighted by Crippen LogP contribution is 2.12. The van der Waals surface area contributed by atoms with Gasteiger partial charge in [0.1, 0.15) is 0 Å². The number of amides is 1. The fourth-order valence-electron chi connectivity index (χ4n) is 4.01. The monoisotopic (exact) mass is 301 g/mol. The number of hydrogen-bond donors (Lipinski definition) is 1. The third-order valence-corrected chi connectivity index (χ3v) is 5.37. The Balaban J connectivity index is 1.47. The molecule has 0 spiro atoms. The van der Waals surface area contributed by atoms with Crippen LogP contribution in [0.4, 0.5) is 0 Å². The van der Waals surface area contributed by atoms with Crippen molar-refractivity contribution in [2.45, 2.75) is 51.0 Å². The summed E-state index contributed by atoms with van der Waals surface area (Å²) in [5.41, 5.74) is 1.13. The van der Waals surface area contributed by atoms with Crippen molar-refractivity contribution in [2.75, 3.05) is 26.2 Å². The number of carbonyl (C=O) groups excluding carboxylic acids is 1. The van der Waals surface area contributed by atoms with E-state index in [-0.39, 0.29) is 0 Å². The van der Waals surface area contributed by atoms with Gasteiger partial charge in [0.2, 0.25) is 5.91 Å². The highest BCUT2D eigenvalue weighted by molar-refractivity contribution is 5.78. The lowest BCUT2D eigenvalue weighted by Gasteiger charge is -2.36. The number of piperidine rings is 1. The minimum absolute atomic E-state index is 0.301. The summed E-state index contributed by atoms with van der Waals surface area (Å²) in [7, 11) is 0. The van der Waals surface area contributed by atoms with Crippen molar-refractivity contribution in [2.24, 2.45) is 0 Å². The molecular weight excluding hydrogens is 272 g/mol. The summed E-state index contributed by atoms with van der Waals surface area (Å²) in [5.74, 6) is 0.301. The highest BCUT2D eigenvalue weighted by atomic mass is 16.2. The van der Waals surface area contributed by atoms with E-state index >= 15 is 0 Å². The number of rotatable bonds is 3. The molecule has 2 fully saturated rings. The molecule has 2 aliphatic rings. The Hall–Kier alpha value is -1.35. The van der Waals surface area contributed by atoms with E-state index in [4.69, 9.17) is 0 Å². The number of quaternary nitrogens is 1. The van der Waals surface area contributed by atoms with Crippen LogP contribution in [-0.4, -0.2) is 43.0 Å². The molecule has 1 aromatic carbocycles. The van der Waals surface area contributed by atoms with Crippen molar-refractivity contribution in [1.29, 1.82) is 0 Å². The zero-order chi connectivity index (χ0) is 15.2. The minimum Gasteiger partial charge on any atom is -0.342 e. The van der Waals surface area contributed by atoms with Crippen LogP contribution in [0.3, 0.4) is 0 Å². The fourth-order valence-corrected chi connectivity index (χ4v) is 4.01. The Kier molecular flexibility index (Phi) is 5.49. The largest absolute Gasteiger partial charge is 0.342 e. The predicted molar refractivity (Wildman–Crippen MR) is 88.9 cm³/mol. The molecule has 120 valence electrons. The number of nitrogens with one attached hydrogen (secondary N) is 1. The van der Waals surface area contributed by atoms with Crippen molar-refractivity contribution in [3.8, 4) is 0 Å². The van der Waals surface area contributed by atoms with Gasteiger partial charge in [-0.2, -0.15) is 0 Å². The maximum Gasteiger partial charge on any atom is 0.226 e. The van der Waals surface area contributed by atoms with Crippen LogP contribution in [0.5, 0.6) is 0 Å². The number of hydrogen-bond acceptors (Lipinski definition) is 1. The third-order valence-electron chi connectivity index (χ3n) is 5.37. The molecule has 0 aromatic heterocycles. The zero-order valence-electron chi connectivity index (χ0n) is 13.6. The van der Waals surface area contributed by atoms with Gasteiger partial charge in [-0.25, -0.2) is 0 Å². The quantitative estimate of drug-likeness (QED) is 0.903. The molecule has 2 aliphatic heterocycles. The highest BCUT2D eigenvalue weighted by Gasteiger charge is 2.29. The first-order chi connectivity index (χ1) is 10.8. The number of benzene rings is 1. The number of nitrogens with zero attached hydrogens (tertiary/aromatic N) is 1. The molecule has 3 heteroatoms. The van der Waals surface area contributed by atoms with E-state index in [1.165, 1.54) is 51.6 Å². The summed E-state index contributed by atoms with van der Waals surface area (Å²) in [6.45, 7) is 4.62. The molecule has 0 atom stereocenters. The van der Waals surface area contributed by atoms with E-state index in [0.717, 1.165) is 24.7 Å². The van der Waals surface area contributed by atoms with E-state index in [1.54, 1.807) is 0 Å². The van der Waals surface area contributed by atoms with Crippen molar-refractivity contribution < 1.29 is 9.69 Å². The van der Waals surface area contributed by atoms with Gasteiger partial charge in [0.05, 0.1) is 25.6 Å². The van der Waals surface area contributed by atoms with Gasteiger partial charge in [0, 0.05) is 25.9 Å². The van der Waals surface area contributed by atoms with Gasteiger partial charge in [0.25, 0.3) is 0 Å². The van der Waals surface area contributed by atoms with E-state index in [1.807, 2.05) is 35.2 Å². The van der Waals surface area contributed by atoms with Crippen molar-refractivity contribution in [1.82, 2.24) is 4.90 Å². The average Bonchev–Trinajstić information content (AvgIpc) is 2.85. The molecule has 2 saturated heterocycles. The van der Waals surface area contributed by atoms with Crippen molar-refractivity contribution in [3.63, 3.8) is 0 Å². The Labute approximate surface area is 134 Å². The molecule has 3 nitrogen and oxygen atoms in total. The van der Waals surface area contributed by atoms with E-state index in [2.05, 4.69) is 4.90 Å². The number of likely N-dealkylation sites (tertiary alicyclic amines) is 2. The minimum atomic E-state index is 0.301. The van der Waals surface area contributed by atoms with Crippen LogP contribution in [0.2, 0.25) is 0 Å². The molecule has 0 radical (unpaired) electrons. The summed E-state index contributed by atoms with van der Waals surface area (Å²) < 4.78 is 0. The van der Waals surface area contributed by atoms with Gasteiger partial charge >= 0.3 is 0 Å².